The summed E-state index contributed by atoms with van der Waals surface area (Å²) in [7, 11) is 0. The molecule has 1 aromatic heterocycles. The molecule has 0 bridgehead atoms. The molecule has 0 saturated carbocycles. The van der Waals surface area contributed by atoms with E-state index in [1.54, 1.807) is 26.1 Å². The predicted octanol–water partition coefficient (Wildman–Crippen LogP) is -0.282. The van der Waals surface area contributed by atoms with E-state index >= 15 is 0 Å². The maximum absolute atomic E-state index is 12.6. The van der Waals surface area contributed by atoms with E-state index in [1.165, 1.54) is 11.1 Å². The Morgan fingerprint density at radius 3 is 3.00 bits per heavy atom. The van der Waals surface area contributed by atoms with Gasteiger partial charge in [-0.1, -0.05) is 0 Å². The minimum Gasteiger partial charge on any atom is -0.352 e. The van der Waals surface area contributed by atoms with Crippen molar-refractivity contribution >= 4 is 17.5 Å². The fourth-order valence-electron chi connectivity index (χ4n) is 2.09. The monoisotopic (exact) mass is 263 g/mol. The van der Waals surface area contributed by atoms with E-state index < -0.39 is 5.54 Å². The van der Waals surface area contributed by atoms with Gasteiger partial charge in [0.05, 0.1) is 11.3 Å². The molecule has 1 aliphatic rings. The lowest BCUT2D eigenvalue weighted by Crippen LogP contribution is -2.63. The van der Waals surface area contributed by atoms with Crippen molar-refractivity contribution in [2.45, 2.75) is 19.4 Å². The van der Waals surface area contributed by atoms with Gasteiger partial charge in [-0.25, -0.2) is 0 Å². The van der Waals surface area contributed by atoms with Gasteiger partial charge >= 0.3 is 0 Å². The van der Waals surface area contributed by atoms with E-state index in [4.69, 9.17) is 5.84 Å². The lowest BCUT2D eigenvalue weighted by atomic mass is 9.97. The highest BCUT2D eigenvalue weighted by atomic mass is 16.2. The first-order valence-electron chi connectivity index (χ1n) is 5.99. The first-order valence-corrected chi connectivity index (χ1v) is 5.99. The minimum absolute atomic E-state index is 0.168. The second-order valence-electron chi connectivity index (χ2n) is 4.84. The maximum atomic E-state index is 12.6. The van der Waals surface area contributed by atoms with E-state index in [0.29, 0.717) is 24.3 Å². The average Bonchev–Trinajstić information content (AvgIpc) is 2.41. The number of nitrogen functional groups attached to an aromatic ring is 1. The van der Waals surface area contributed by atoms with Crippen molar-refractivity contribution in [1.29, 1.82) is 0 Å². The van der Waals surface area contributed by atoms with Crippen LogP contribution in [0.15, 0.2) is 18.5 Å². The van der Waals surface area contributed by atoms with Crippen LogP contribution in [0.3, 0.4) is 0 Å². The van der Waals surface area contributed by atoms with Crippen LogP contribution < -0.4 is 16.6 Å². The molecule has 0 unspecified atom stereocenters. The molecule has 7 heteroatoms. The normalized spacial score (nSPS) is 17.8. The van der Waals surface area contributed by atoms with E-state index in [-0.39, 0.29) is 11.8 Å². The summed E-state index contributed by atoms with van der Waals surface area (Å²) in [5.74, 6) is 4.95. The zero-order chi connectivity index (χ0) is 14.0. The zero-order valence-corrected chi connectivity index (χ0v) is 10.9. The number of hydrogen-bond acceptors (Lipinski definition) is 5. The molecule has 2 amide bonds. The highest BCUT2D eigenvalue weighted by molar-refractivity contribution is 6.02. The Morgan fingerprint density at radius 1 is 1.58 bits per heavy atom. The number of piperazine rings is 1. The van der Waals surface area contributed by atoms with Gasteiger partial charge < -0.3 is 15.6 Å². The van der Waals surface area contributed by atoms with Gasteiger partial charge in [-0.2, -0.15) is 0 Å². The number of hydrogen-bond donors (Lipinski definition) is 3. The summed E-state index contributed by atoms with van der Waals surface area (Å²) in [5, 5.41) is 2.75. The number of anilines is 1. The number of carbonyl (C=O) groups is 2. The van der Waals surface area contributed by atoms with Crippen molar-refractivity contribution in [3.63, 3.8) is 0 Å². The summed E-state index contributed by atoms with van der Waals surface area (Å²) in [4.78, 5) is 29.9. The fraction of sp³-hybridized carbons (Fsp3) is 0.417. The molecule has 0 spiro atoms. The van der Waals surface area contributed by atoms with Gasteiger partial charge in [-0.05, 0) is 19.9 Å². The van der Waals surface area contributed by atoms with Crippen molar-refractivity contribution in [1.82, 2.24) is 15.2 Å². The first kappa shape index (κ1) is 13.3. The number of aromatic nitrogens is 1. The van der Waals surface area contributed by atoms with Crippen LogP contribution in [0.1, 0.15) is 24.2 Å². The molecule has 2 heterocycles. The quantitative estimate of drug-likeness (QED) is 0.503. The van der Waals surface area contributed by atoms with Crippen molar-refractivity contribution in [3.05, 3.63) is 24.0 Å². The van der Waals surface area contributed by atoms with Gasteiger partial charge in [0.15, 0.2) is 0 Å². The number of nitrogens with one attached hydrogen (secondary N) is 2. The van der Waals surface area contributed by atoms with Gasteiger partial charge in [0, 0.05) is 25.5 Å². The van der Waals surface area contributed by atoms with Gasteiger partial charge in [0.2, 0.25) is 5.91 Å². The molecule has 1 fully saturated rings. The van der Waals surface area contributed by atoms with E-state index in [1.807, 2.05) is 0 Å². The highest BCUT2D eigenvalue weighted by Gasteiger charge is 2.41. The molecule has 0 atom stereocenters. The van der Waals surface area contributed by atoms with Crippen LogP contribution in [0, 0.1) is 0 Å². The molecule has 2 rings (SSSR count). The minimum atomic E-state index is -0.892. The van der Waals surface area contributed by atoms with Crippen LogP contribution >= 0.6 is 0 Å². The molecular formula is C12H17N5O2. The number of nitrogens with zero attached hydrogens (tertiary/aromatic N) is 2. The molecule has 0 aliphatic carbocycles. The van der Waals surface area contributed by atoms with Crippen LogP contribution in [-0.2, 0) is 4.79 Å². The van der Waals surface area contributed by atoms with E-state index in [0.717, 1.165) is 0 Å². The topological polar surface area (TPSA) is 100 Å². The third-order valence-electron chi connectivity index (χ3n) is 3.30. The number of amides is 2. The van der Waals surface area contributed by atoms with Crippen LogP contribution in [0.25, 0.3) is 0 Å². The summed E-state index contributed by atoms with van der Waals surface area (Å²) < 4.78 is 0. The maximum Gasteiger partial charge on any atom is 0.258 e. The average molecular weight is 263 g/mol. The Hall–Kier alpha value is -2.15. The lowest BCUT2D eigenvalue weighted by molar-refractivity contribution is -0.133. The summed E-state index contributed by atoms with van der Waals surface area (Å²) in [5.41, 5.74) is 2.42. The second kappa shape index (κ2) is 4.85. The Morgan fingerprint density at radius 2 is 2.32 bits per heavy atom. The lowest BCUT2D eigenvalue weighted by Gasteiger charge is -2.41. The van der Waals surface area contributed by atoms with Crippen LogP contribution in [0.2, 0.25) is 0 Å². The Balaban J connectivity index is 2.35. The smallest absolute Gasteiger partial charge is 0.258 e. The summed E-state index contributed by atoms with van der Waals surface area (Å²) in [6, 6.07) is 1.62. The number of nitrogens with two attached hydrogens (primary N) is 1. The fourth-order valence-corrected chi connectivity index (χ4v) is 2.09. The Kier molecular flexibility index (Phi) is 3.39. The molecule has 19 heavy (non-hydrogen) atoms. The number of carbonyl (C=O) groups excluding carboxylic acids is 2. The molecule has 1 saturated heterocycles. The second-order valence-corrected chi connectivity index (χ2v) is 4.84. The van der Waals surface area contributed by atoms with Crippen LogP contribution in [0.5, 0.6) is 0 Å². The number of pyridine rings is 1. The largest absolute Gasteiger partial charge is 0.352 e. The van der Waals surface area contributed by atoms with Gasteiger partial charge in [0.1, 0.15) is 5.54 Å². The number of rotatable bonds is 2. The molecule has 1 aromatic rings. The molecule has 1 aliphatic heterocycles. The SMILES string of the molecule is CC1(C)C(=O)NCCN1C(=O)c1cnccc1NN. The summed E-state index contributed by atoms with van der Waals surface area (Å²) >= 11 is 0. The van der Waals surface area contributed by atoms with Crippen molar-refractivity contribution in [2.24, 2.45) is 5.84 Å². The zero-order valence-electron chi connectivity index (χ0n) is 10.9. The molecule has 0 radical (unpaired) electrons. The third kappa shape index (κ3) is 2.24. The van der Waals surface area contributed by atoms with E-state index in [9.17, 15) is 9.59 Å². The summed E-state index contributed by atoms with van der Waals surface area (Å²) in [6.07, 6.45) is 2.99. The molecule has 0 aromatic carbocycles. The number of hydrazine groups is 1. The summed E-state index contributed by atoms with van der Waals surface area (Å²) in [6.45, 7) is 4.33. The first-order chi connectivity index (χ1) is 8.98. The molecule has 102 valence electrons. The molecule has 7 nitrogen and oxygen atoms in total. The molecule has 4 N–H and O–H groups in total. The van der Waals surface area contributed by atoms with Crippen LogP contribution in [0.4, 0.5) is 5.69 Å². The van der Waals surface area contributed by atoms with Crippen molar-refractivity contribution in [2.75, 3.05) is 18.5 Å². The Labute approximate surface area is 111 Å². The van der Waals surface area contributed by atoms with Gasteiger partial charge in [-0.3, -0.25) is 20.4 Å². The van der Waals surface area contributed by atoms with Crippen molar-refractivity contribution in [3.8, 4) is 0 Å². The predicted molar refractivity (Wildman–Crippen MR) is 70.2 cm³/mol. The third-order valence-corrected chi connectivity index (χ3v) is 3.30. The Bertz CT molecular complexity index is 515. The molecular weight excluding hydrogens is 246 g/mol. The standard InChI is InChI=1S/C12H17N5O2/c1-12(2)11(19)15-5-6-17(12)10(18)8-7-14-4-3-9(8)16-13/h3-4,7H,5-6,13H2,1-2H3,(H,14,16)(H,15,19). The van der Waals surface area contributed by atoms with Crippen LogP contribution in [-0.4, -0.2) is 40.3 Å². The van der Waals surface area contributed by atoms with Crippen molar-refractivity contribution < 1.29 is 9.59 Å². The highest BCUT2D eigenvalue weighted by Crippen LogP contribution is 2.23. The van der Waals surface area contributed by atoms with E-state index in [2.05, 4.69) is 15.7 Å². The van der Waals surface area contributed by atoms with Gasteiger partial charge in [-0.15, -0.1) is 0 Å². The van der Waals surface area contributed by atoms with Gasteiger partial charge in [0.25, 0.3) is 5.91 Å².